The first-order valence-electron chi connectivity index (χ1n) is 6.52. The molecule has 0 saturated carbocycles. The molecule has 3 nitrogen and oxygen atoms in total. The molecule has 0 saturated heterocycles. The van der Waals surface area contributed by atoms with Crippen molar-refractivity contribution < 1.29 is 13.9 Å². The second-order valence-electron chi connectivity index (χ2n) is 4.24. The molecule has 0 radical (unpaired) electrons. The van der Waals surface area contributed by atoms with Crippen LogP contribution in [-0.4, -0.2) is 13.3 Å². The summed E-state index contributed by atoms with van der Waals surface area (Å²) in [5.41, 5.74) is 6.96. The Morgan fingerprint density at radius 2 is 1.90 bits per heavy atom. The van der Waals surface area contributed by atoms with E-state index in [0.717, 1.165) is 5.56 Å². The second kappa shape index (κ2) is 8.05. The van der Waals surface area contributed by atoms with Crippen LogP contribution in [-0.2, 0) is 11.3 Å². The van der Waals surface area contributed by atoms with E-state index in [2.05, 4.69) is 11.8 Å². The Morgan fingerprint density at radius 3 is 2.67 bits per heavy atom. The molecule has 0 spiro atoms. The summed E-state index contributed by atoms with van der Waals surface area (Å²) in [6, 6.07) is 13.9. The Morgan fingerprint density at radius 1 is 1.10 bits per heavy atom. The fourth-order valence-electron chi connectivity index (χ4n) is 1.70. The van der Waals surface area contributed by atoms with Crippen molar-refractivity contribution >= 4 is 0 Å². The van der Waals surface area contributed by atoms with Crippen molar-refractivity contribution in [3.63, 3.8) is 0 Å². The molecular formula is C17H16FNO2. The molecule has 2 N–H and O–H groups in total. The molecule has 21 heavy (non-hydrogen) atoms. The first-order valence-corrected chi connectivity index (χ1v) is 6.52. The lowest BCUT2D eigenvalue weighted by atomic mass is 10.2. The van der Waals surface area contributed by atoms with Crippen LogP contribution in [0.4, 0.5) is 4.39 Å². The normalized spacial score (nSPS) is 9.81. The van der Waals surface area contributed by atoms with Gasteiger partial charge in [0.05, 0.1) is 18.7 Å². The summed E-state index contributed by atoms with van der Waals surface area (Å²) in [5.74, 6) is 5.52. The van der Waals surface area contributed by atoms with Crippen molar-refractivity contribution in [2.24, 2.45) is 5.73 Å². The van der Waals surface area contributed by atoms with Gasteiger partial charge in [-0.15, -0.1) is 0 Å². The minimum Gasteiger partial charge on any atom is -0.466 e. The molecule has 2 aromatic rings. The zero-order valence-corrected chi connectivity index (χ0v) is 11.5. The van der Waals surface area contributed by atoms with Crippen molar-refractivity contribution in [1.82, 2.24) is 0 Å². The first-order chi connectivity index (χ1) is 10.3. The molecule has 0 amide bonds. The van der Waals surface area contributed by atoms with Crippen LogP contribution in [0, 0.1) is 17.7 Å². The number of rotatable bonds is 5. The second-order valence-corrected chi connectivity index (χ2v) is 4.24. The largest absolute Gasteiger partial charge is 0.466 e. The summed E-state index contributed by atoms with van der Waals surface area (Å²) in [7, 11) is 0. The van der Waals surface area contributed by atoms with Crippen LogP contribution in [0.2, 0.25) is 0 Å². The van der Waals surface area contributed by atoms with Gasteiger partial charge in [-0.25, -0.2) is 4.39 Å². The lowest BCUT2D eigenvalue weighted by Crippen LogP contribution is -2.04. The Balaban J connectivity index is 1.91. The highest BCUT2D eigenvalue weighted by molar-refractivity contribution is 5.46. The highest BCUT2D eigenvalue weighted by atomic mass is 19.1. The fraction of sp³-hybridized carbons (Fsp3) is 0.176. The summed E-state index contributed by atoms with van der Waals surface area (Å²) < 4.78 is 24.1. The highest BCUT2D eigenvalue weighted by Crippen LogP contribution is 2.19. The molecule has 0 aromatic heterocycles. The maximum absolute atomic E-state index is 13.2. The maximum Gasteiger partial charge on any atom is 0.189 e. The van der Waals surface area contributed by atoms with E-state index in [-0.39, 0.29) is 19.2 Å². The van der Waals surface area contributed by atoms with E-state index in [4.69, 9.17) is 15.2 Å². The molecule has 108 valence electrons. The molecule has 0 aliphatic carbocycles. The topological polar surface area (TPSA) is 44.5 Å². The number of hydrogen-bond acceptors (Lipinski definition) is 3. The van der Waals surface area contributed by atoms with E-state index in [1.807, 2.05) is 30.3 Å². The van der Waals surface area contributed by atoms with Gasteiger partial charge in [0.25, 0.3) is 0 Å². The molecule has 0 atom stereocenters. The van der Waals surface area contributed by atoms with Crippen LogP contribution in [0.1, 0.15) is 11.1 Å². The summed E-state index contributed by atoms with van der Waals surface area (Å²) in [6.07, 6.45) is 0. The number of halogens is 1. The Labute approximate surface area is 123 Å². The average Bonchev–Trinajstić information content (AvgIpc) is 2.52. The molecule has 4 heteroatoms. The van der Waals surface area contributed by atoms with Gasteiger partial charge in [0.15, 0.2) is 6.79 Å². The van der Waals surface area contributed by atoms with E-state index >= 15 is 0 Å². The molecular weight excluding hydrogens is 269 g/mol. The summed E-state index contributed by atoms with van der Waals surface area (Å²) in [6.45, 7) is 0.691. The van der Waals surface area contributed by atoms with Crippen LogP contribution in [0.25, 0.3) is 0 Å². The van der Waals surface area contributed by atoms with Gasteiger partial charge < -0.3 is 15.2 Å². The fourth-order valence-corrected chi connectivity index (χ4v) is 1.70. The van der Waals surface area contributed by atoms with Gasteiger partial charge in [-0.05, 0) is 17.7 Å². The lowest BCUT2D eigenvalue weighted by molar-refractivity contribution is 0.00475. The Bertz CT molecular complexity index is 632. The van der Waals surface area contributed by atoms with Gasteiger partial charge in [-0.3, -0.25) is 0 Å². The van der Waals surface area contributed by atoms with E-state index < -0.39 is 0 Å². The van der Waals surface area contributed by atoms with E-state index in [9.17, 15) is 4.39 Å². The van der Waals surface area contributed by atoms with Gasteiger partial charge in [-0.2, -0.15) is 0 Å². The van der Waals surface area contributed by atoms with Crippen molar-refractivity contribution in [2.45, 2.75) is 6.61 Å². The maximum atomic E-state index is 13.2. The average molecular weight is 285 g/mol. The zero-order chi connectivity index (χ0) is 14.9. The monoisotopic (exact) mass is 285 g/mol. The first kappa shape index (κ1) is 15.0. The van der Waals surface area contributed by atoms with Crippen LogP contribution < -0.4 is 10.5 Å². The van der Waals surface area contributed by atoms with E-state index in [0.29, 0.717) is 17.9 Å². The molecule has 0 aliphatic rings. The Kier molecular flexibility index (Phi) is 5.77. The van der Waals surface area contributed by atoms with Crippen LogP contribution >= 0.6 is 0 Å². The highest BCUT2D eigenvalue weighted by Gasteiger charge is 2.03. The predicted octanol–water partition coefficient (Wildman–Crippen LogP) is 2.69. The smallest absolute Gasteiger partial charge is 0.189 e. The van der Waals surface area contributed by atoms with E-state index in [1.54, 1.807) is 6.07 Å². The summed E-state index contributed by atoms with van der Waals surface area (Å²) in [5, 5.41) is 0. The summed E-state index contributed by atoms with van der Waals surface area (Å²) in [4.78, 5) is 0. The SMILES string of the molecule is NCC#Cc1ccc(F)cc1OCOCc1ccccc1. The molecule has 0 aliphatic heterocycles. The zero-order valence-electron chi connectivity index (χ0n) is 11.5. The minimum atomic E-state index is -0.383. The molecule has 0 fully saturated rings. The van der Waals surface area contributed by atoms with Gasteiger partial charge in [-0.1, -0.05) is 42.2 Å². The number of hydrogen-bond donors (Lipinski definition) is 1. The quantitative estimate of drug-likeness (QED) is 0.522. The minimum absolute atomic E-state index is 0.0235. The van der Waals surface area contributed by atoms with Crippen molar-refractivity contribution in [3.8, 4) is 17.6 Å². The predicted molar refractivity (Wildman–Crippen MR) is 79.1 cm³/mol. The molecule has 0 bridgehead atoms. The number of ether oxygens (including phenoxy) is 2. The molecule has 2 rings (SSSR count). The van der Waals surface area contributed by atoms with Gasteiger partial charge in [0.1, 0.15) is 11.6 Å². The van der Waals surface area contributed by atoms with Crippen molar-refractivity contribution in [1.29, 1.82) is 0 Å². The Hall–Kier alpha value is -2.35. The van der Waals surface area contributed by atoms with Crippen LogP contribution in [0.3, 0.4) is 0 Å². The molecule has 0 unspecified atom stereocenters. The van der Waals surface area contributed by atoms with Crippen molar-refractivity contribution in [2.75, 3.05) is 13.3 Å². The standard InChI is InChI=1S/C17H16FNO2/c18-16-9-8-15(7-4-10-19)17(11-16)21-13-20-12-14-5-2-1-3-6-14/h1-3,5-6,8-9,11H,10,12-13,19H2. The van der Waals surface area contributed by atoms with Crippen LogP contribution in [0.15, 0.2) is 48.5 Å². The van der Waals surface area contributed by atoms with Crippen LogP contribution in [0.5, 0.6) is 5.75 Å². The summed E-state index contributed by atoms with van der Waals surface area (Å²) >= 11 is 0. The molecule has 0 heterocycles. The lowest BCUT2D eigenvalue weighted by Gasteiger charge is -2.09. The molecule has 2 aromatic carbocycles. The third-order valence-corrected chi connectivity index (χ3v) is 2.68. The third kappa shape index (κ3) is 4.92. The number of benzene rings is 2. The number of nitrogens with two attached hydrogens (primary N) is 1. The van der Waals surface area contributed by atoms with E-state index in [1.165, 1.54) is 12.1 Å². The third-order valence-electron chi connectivity index (χ3n) is 2.68. The van der Waals surface area contributed by atoms with Gasteiger partial charge >= 0.3 is 0 Å². The van der Waals surface area contributed by atoms with Gasteiger partial charge in [0.2, 0.25) is 0 Å². The van der Waals surface area contributed by atoms with Crippen molar-refractivity contribution in [3.05, 3.63) is 65.5 Å². The van der Waals surface area contributed by atoms with Gasteiger partial charge in [0, 0.05) is 6.07 Å².